The topological polar surface area (TPSA) is 128 Å². The van der Waals surface area contributed by atoms with Gasteiger partial charge in [-0.1, -0.05) is 36.4 Å². The van der Waals surface area contributed by atoms with Crippen LogP contribution in [0, 0.1) is 10.1 Å². The SMILES string of the molecule is COc1cc(C=Cc2nc(O)c([N+](=O)[O-])c(=O)[nH]2)cc(Br)c1OCc1ccccc1. The van der Waals surface area contributed by atoms with E-state index >= 15 is 0 Å². The van der Waals surface area contributed by atoms with Crippen molar-refractivity contribution in [2.75, 3.05) is 7.11 Å². The number of nitro groups is 1. The molecule has 0 saturated carbocycles. The quantitative estimate of drug-likeness (QED) is 0.393. The van der Waals surface area contributed by atoms with E-state index in [1.807, 2.05) is 30.3 Å². The number of halogens is 1. The van der Waals surface area contributed by atoms with Gasteiger partial charge >= 0.3 is 11.2 Å². The molecule has 30 heavy (non-hydrogen) atoms. The third-order valence-electron chi connectivity index (χ3n) is 3.99. The highest BCUT2D eigenvalue weighted by atomic mass is 79.9. The van der Waals surface area contributed by atoms with Crippen LogP contribution >= 0.6 is 15.9 Å². The summed E-state index contributed by atoms with van der Waals surface area (Å²) in [7, 11) is 1.51. The van der Waals surface area contributed by atoms with Crippen molar-refractivity contribution >= 4 is 33.8 Å². The van der Waals surface area contributed by atoms with Crippen molar-refractivity contribution in [1.29, 1.82) is 0 Å². The van der Waals surface area contributed by atoms with Gasteiger partial charge in [0, 0.05) is 0 Å². The molecule has 3 rings (SSSR count). The Labute approximate surface area is 178 Å². The monoisotopic (exact) mass is 473 g/mol. The largest absolute Gasteiger partial charge is 0.493 e. The standard InChI is InChI=1S/C20H16BrN3O6/c1-29-15-10-13(7-8-16-22-19(25)17(24(27)28)20(26)23-16)9-14(21)18(15)30-11-12-5-3-2-4-6-12/h2-10H,11H2,1H3,(H2,22,23,25,26). The van der Waals surface area contributed by atoms with E-state index in [0.29, 0.717) is 28.1 Å². The van der Waals surface area contributed by atoms with Crippen LogP contribution < -0.4 is 15.0 Å². The molecule has 0 aliphatic carbocycles. The van der Waals surface area contributed by atoms with Crippen LogP contribution in [0.5, 0.6) is 17.4 Å². The number of hydrogen-bond donors (Lipinski definition) is 2. The molecular weight excluding hydrogens is 458 g/mol. The van der Waals surface area contributed by atoms with E-state index in [9.17, 15) is 20.0 Å². The fraction of sp³-hybridized carbons (Fsp3) is 0.100. The predicted octanol–water partition coefficient (Wildman–Crippen LogP) is 3.90. The van der Waals surface area contributed by atoms with Gasteiger partial charge in [0.2, 0.25) is 0 Å². The first-order chi connectivity index (χ1) is 14.4. The fourth-order valence-corrected chi connectivity index (χ4v) is 3.17. The fourth-order valence-electron chi connectivity index (χ4n) is 2.60. The number of nitrogens with zero attached hydrogens (tertiary/aromatic N) is 2. The Kier molecular flexibility index (Phi) is 6.48. The molecule has 9 nitrogen and oxygen atoms in total. The number of aromatic hydroxyl groups is 1. The van der Waals surface area contributed by atoms with Crippen LogP contribution in [0.15, 0.2) is 51.7 Å². The van der Waals surface area contributed by atoms with Crippen LogP contribution in [-0.2, 0) is 6.61 Å². The minimum Gasteiger partial charge on any atom is -0.493 e. The number of nitrogens with one attached hydrogen (secondary N) is 1. The van der Waals surface area contributed by atoms with E-state index in [1.54, 1.807) is 18.2 Å². The Bertz CT molecular complexity index is 1160. The van der Waals surface area contributed by atoms with Crippen LogP contribution in [0.2, 0.25) is 0 Å². The molecule has 1 heterocycles. The second kappa shape index (κ2) is 9.23. The third kappa shape index (κ3) is 4.84. The number of benzene rings is 2. The van der Waals surface area contributed by atoms with Gasteiger partial charge in [-0.2, -0.15) is 4.98 Å². The summed E-state index contributed by atoms with van der Waals surface area (Å²) in [5.41, 5.74) is -0.373. The van der Waals surface area contributed by atoms with E-state index in [1.165, 1.54) is 13.2 Å². The second-order valence-corrected chi connectivity index (χ2v) is 6.88. The molecule has 0 unspecified atom stereocenters. The third-order valence-corrected chi connectivity index (χ3v) is 4.58. The summed E-state index contributed by atoms with van der Waals surface area (Å²) in [6.45, 7) is 0.359. The molecule has 2 aromatic carbocycles. The maximum absolute atomic E-state index is 11.7. The van der Waals surface area contributed by atoms with Gasteiger partial charge in [0.15, 0.2) is 11.5 Å². The zero-order chi connectivity index (χ0) is 21.7. The van der Waals surface area contributed by atoms with Gasteiger partial charge in [-0.3, -0.25) is 14.9 Å². The molecule has 0 spiro atoms. The summed E-state index contributed by atoms with van der Waals surface area (Å²) < 4.78 is 11.9. The molecular formula is C20H16BrN3O6. The van der Waals surface area contributed by atoms with Crippen LogP contribution in [0.4, 0.5) is 5.69 Å². The zero-order valence-corrected chi connectivity index (χ0v) is 17.3. The second-order valence-electron chi connectivity index (χ2n) is 6.02. The number of ether oxygens (including phenoxy) is 2. The highest BCUT2D eigenvalue weighted by molar-refractivity contribution is 9.10. The molecule has 3 aromatic rings. The predicted molar refractivity (Wildman–Crippen MR) is 114 cm³/mol. The van der Waals surface area contributed by atoms with Gasteiger partial charge in [-0.15, -0.1) is 0 Å². The number of hydrogen-bond acceptors (Lipinski definition) is 7. The minimum absolute atomic E-state index is 0.0393. The normalized spacial score (nSPS) is 10.9. The van der Waals surface area contributed by atoms with Crippen LogP contribution in [0.3, 0.4) is 0 Å². The van der Waals surface area contributed by atoms with Gasteiger partial charge in [0.1, 0.15) is 12.4 Å². The maximum atomic E-state index is 11.7. The zero-order valence-electron chi connectivity index (χ0n) is 15.7. The molecule has 0 aliphatic rings. The average Bonchev–Trinajstić information content (AvgIpc) is 2.71. The van der Waals surface area contributed by atoms with E-state index in [2.05, 4.69) is 25.9 Å². The molecule has 2 N–H and O–H groups in total. The molecule has 1 aromatic heterocycles. The van der Waals surface area contributed by atoms with Crippen LogP contribution in [0.25, 0.3) is 12.2 Å². The molecule has 10 heteroatoms. The molecule has 0 radical (unpaired) electrons. The summed E-state index contributed by atoms with van der Waals surface area (Å²) in [4.78, 5) is 27.3. The van der Waals surface area contributed by atoms with Crippen molar-refractivity contribution in [3.8, 4) is 17.4 Å². The molecule has 0 amide bonds. The lowest BCUT2D eigenvalue weighted by Crippen LogP contribution is -2.14. The lowest BCUT2D eigenvalue weighted by atomic mass is 10.2. The molecule has 0 bridgehead atoms. The number of aromatic amines is 1. The van der Waals surface area contributed by atoms with Crippen LogP contribution in [-0.4, -0.2) is 27.1 Å². The lowest BCUT2D eigenvalue weighted by molar-refractivity contribution is -0.387. The van der Waals surface area contributed by atoms with Crippen molar-refractivity contribution in [1.82, 2.24) is 9.97 Å². The number of rotatable bonds is 7. The van der Waals surface area contributed by atoms with Crippen LogP contribution in [0.1, 0.15) is 17.0 Å². The summed E-state index contributed by atoms with van der Waals surface area (Å²) in [6, 6.07) is 13.2. The molecule has 0 atom stereocenters. The van der Waals surface area contributed by atoms with Gasteiger partial charge < -0.3 is 19.6 Å². The van der Waals surface area contributed by atoms with Gasteiger partial charge in [0.05, 0.1) is 16.5 Å². The molecule has 0 saturated heterocycles. The number of aromatic nitrogens is 2. The summed E-state index contributed by atoms with van der Waals surface area (Å²) in [5, 5.41) is 20.4. The first-order valence-electron chi connectivity index (χ1n) is 8.59. The Morgan fingerprint density at radius 3 is 2.63 bits per heavy atom. The Hall–Kier alpha value is -3.66. The number of H-pyrrole nitrogens is 1. The molecule has 0 aliphatic heterocycles. The Balaban J connectivity index is 1.84. The number of methoxy groups -OCH3 is 1. The van der Waals surface area contributed by atoms with Gasteiger partial charge in [0.25, 0.3) is 5.88 Å². The van der Waals surface area contributed by atoms with E-state index < -0.39 is 22.0 Å². The van der Waals surface area contributed by atoms with E-state index in [0.717, 1.165) is 5.56 Å². The van der Waals surface area contributed by atoms with Crippen molar-refractivity contribution in [3.63, 3.8) is 0 Å². The Morgan fingerprint density at radius 1 is 1.27 bits per heavy atom. The summed E-state index contributed by atoms with van der Waals surface area (Å²) in [6.07, 6.45) is 2.99. The van der Waals surface area contributed by atoms with Crippen molar-refractivity contribution in [2.24, 2.45) is 0 Å². The van der Waals surface area contributed by atoms with Gasteiger partial charge in [-0.05, 0) is 45.3 Å². The first-order valence-corrected chi connectivity index (χ1v) is 9.38. The van der Waals surface area contributed by atoms with Crippen molar-refractivity contribution in [2.45, 2.75) is 6.61 Å². The van der Waals surface area contributed by atoms with Crippen molar-refractivity contribution in [3.05, 3.63) is 84.4 Å². The highest BCUT2D eigenvalue weighted by Crippen LogP contribution is 2.37. The summed E-state index contributed by atoms with van der Waals surface area (Å²) >= 11 is 3.46. The van der Waals surface area contributed by atoms with E-state index in [-0.39, 0.29) is 5.82 Å². The first kappa shape index (κ1) is 21.1. The van der Waals surface area contributed by atoms with Gasteiger partial charge in [-0.25, -0.2) is 0 Å². The highest BCUT2D eigenvalue weighted by Gasteiger charge is 2.21. The lowest BCUT2D eigenvalue weighted by Gasteiger charge is -2.13. The summed E-state index contributed by atoms with van der Waals surface area (Å²) in [5.74, 6) is 0.0142. The van der Waals surface area contributed by atoms with E-state index in [4.69, 9.17) is 9.47 Å². The molecule has 154 valence electrons. The Morgan fingerprint density at radius 2 is 2.00 bits per heavy atom. The molecule has 0 fully saturated rings. The average molecular weight is 474 g/mol. The smallest absolute Gasteiger partial charge is 0.395 e. The minimum atomic E-state index is -1.05. The van der Waals surface area contributed by atoms with Crippen molar-refractivity contribution < 1.29 is 19.5 Å². The maximum Gasteiger partial charge on any atom is 0.395 e.